The minimum Gasteiger partial charge on any atom is -1.00 e. The number of hydrogen-bond acceptors (Lipinski definition) is 0. The van der Waals surface area contributed by atoms with Crippen molar-refractivity contribution in [3.63, 3.8) is 0 Å². The number of benzene rings is 3. The van der Waals surface area contributed by atoms with Crippen molar-refractivity contribution in [1.29, 1.82) is 0 Å². The first-order valence-corrected chi connectivity index (χ1v) is 12.7. The predicted molar refractivity (Wildman–Crippen MR) is 128 cm³/mol. The van der Waals surface area contributed by atoms with Crippen molar-refractivity contribution >= 4 is 17.9 Å². The second kappa shape index (κ2) is 10.7. The van der Waals surface area contributed by atoms with Gasteiger partial charge in [-0.1, -0.05) is 93.4 Å². The zero-order chi connectivity index (χ0) is 20.0. The van der Waals surface area contributed by atoms with Crippen molar-refractivity contribution in [2.45, 2.75) is 46.0 Å². The Morgan fingerprint density at radius 1 is 0.724 bits per heavy atom. The first-order chi connectivity index (χ1) is 13.5. The average Bonchev–Trinajstić information content (AvgIpc) is 2.73. The summed E-state index contributed by atoms with van der Waals surface area (Å²) in [4.78, 5) is 0. The van der Waals surface area contributed by atoms with Crippen LogP contribution < -0.4 is 34.6 Å². The second-order valence-electron chi connectivity index (χ2n) is 8.62. The highest BCUT2D eigenvalue weighted by atomic mass is 127. The first kappa shape index (κ1) is 24.1. The Hall–Kier alpha value is -1.18. The summed E-state index contributed by atoms with van der Waals surface area (Å²) in [5, 5.41) is 3.10. The molecule has 3 aromatic rings. The van der Waals surface area contributed by atoms with Crippen LogP contribution in [0.15, 0.2) is 84.9 Å². The SMILES string of the molecule is CCCC[P+](CC(C)(C)c1ccc(C)cc1)(c1ccccc1)c1ccccc1.[I-]. The number of aryl methyl sites for hydroxylation is 1. The minimum absolute atomic E-state index is 0. The lowest BCUT2D eigenvalue weighted by Gasteiger charge is -2.35. The fourth-order valence-corrected chi connectivity index (χ4v) is 9.51. The summed E-state index contributed by atoms with van der Waals surface area (Å²) < 4.78 is 0. The van der Waals surface area contributed by atoms with Gasteiger partial charge in [-0.15, -0.1) is 0 Å². The van der Waals surface area contributed by atoms with Gasteiger partial charge in [0.1, 0.15) is 0 Å². The summed E-state index contributed by atoms with van der Waals surface area (Å²) in [6.45, 7) is 9.35. The Kier molecular flexibility index (Phi) is 8.91. The normalized spacial score (nSPS) is 11.7. The van der Waals surface area contributed by atoms with Gasteiger partial charge < -0.3 is 24.0 Å². The Bertz CT molecular complexity index is 815. The van der Waals surface area contributed by atoms with Crippen LogP contribution in [0.5, 0.6) is 0 Å². The van der Waals surface area contributed by atoms with Crippen LogP contribution in [0.4, 0.5) is 0 Å². The van der Waals surface area contributed by atoms with Gasteiger partial charge in [-0.05, 0) is 43.2 Å². The molecule has 29 heavy (non-hydrogen) atoms. The molecule has 0 N–H and O–H groups in total. The van der Waals surface area contributed by atoms with Crippen molar-refractivity contribution < 1.29 is 24.0 Å². The number of rotatable bonds is 8. The van der Waals surface area contributed by atoms with E-state index in [1.54, 1.807) is 10.6 Å². The van der Waals surface area contributed by atoms with Gasteiger partial charge in [0, 0.05) is 5.41 Å². The molecule has 0 aromatic heterocycles. The molecule has 2 heteroatoms. The largest absolute Gasteiger partial charge is 1.00 e. The maximum atomic E-state index is 2.43. The molecule has 0 unspecified atom stereocenters. The van der Waals surface area contributed by atoms with Crippen molar-refractivity contribution in [2.24, 2.45) is 0 Å². The highest BCUT2D eigenvalue weighted by molar-refractivity contribution is 7.89. The molecule has 0 radical (unpaired) electrons. The molecule has 154 valence electrons. The van der Waals surface area contributed by atoms with Gasteiger partial charge in [-0.25, -0.2) is 0 Å². The van der Waals surface area contributed by atoms with E-state index in [0.29, 0.717) is 0 Å². The Morgan fingerprint density at radius 3 is 1.66 bits per heavy atom. The van der Waals surface area contributed by atoms with Gasteiger partial charge in [-0.2, -0.15) is 0 Å². The van der Waals surface area contributed by atoms with Gasteiger partial charge in [0.05, 0.1) is 30.2 Å². The van der Waals surface area contributed by atoms with Crippen LogP contribution >= 0.6 is 7.26 Å². The molecule has 0 atom stereocenters. The maximum absolute atomic E-state index is 2.43. The molecule has 0 spiro atoms. The Balaban J connectivity index is 0.00000300. The quantitative estimate of drug-likeness (QED) is 0.316. The molecule has 0 bridgehead atoms. The van der Waals surface area contributed by atoms with E-state index in [4.69, 9.17) is 0 Å². The lowest BCUT2D eigenvalue weighted by molar-refractivity contribution is -0.00000612. The molecule has 3 rings (SSSR count). The van der Waals surface area contributed by atoms with Crippen LogP contribution in [0.25, 0.3) is 0 Å². The van der Waals surface area contributed by atoms with Crippen LogP contribution in [0.3, 0.4) is 0 Å². The van der Waals surface area contributed by atoms with E-state index in [1.165, 1.54) is 36.3 Å². The summed E-state index contributed by atoms with van der Waals surface area (Å²) in [6, 6.07) is 31.9. The third-order valence-electron chi connectivity index (χ3n) is 5.89. The Labute approximate surface area is 195 Å². The highest BCUT2D eigenvalue weighted by Gasteiger charge is 2.46. The number of hydrogen-bond donors (Lipinski definition) is 0. The van der Waals surface area contributed by atoms with E-state index in [1.807, 2.05) is 0 Å². The van der Waals surface area contributed by atoms with Gasteiger partial charge in [0.25, 0.3) is 0 Å². The minimum atomic E-state index is -1.52. The van der Waals surface area contributed by atoms with Crippen LogP contribution in [0.1, 0.15) is 44.7 Å². The molecule has 3 aromatic carbocycles. The number of halogens is 1. The monoisotopic (exact) mass is 516 g/mol. The van der Waals surface area contributed by atoms with Crippen LogP contribution in [0.2, 0.25) is 0 Å². The van der Waals surface area contributed by atoms with Crippen molar-refractivity contribution in [3.05, 3.63) is 96.1 Å². The predicted octanol–water partition coefficient (Wildman–Crippen LogP) is 3.75. The van der Waals surface area contributed by atoms with Crippen LogP contribution in [-0.4, -0.2) is 12.3 Å². The van der Waals surface area contributed by atoms with E-state index in [2.05, 4.69) is 113 Å². The molecular weight excluding hydrogens is 482 g/mol. The van der Waals surface area contributed by atoms with E-state index >= 15 is 0 Å². The smallest absolute Gasteiger partial charge is 0.0992 e. The zero-order valence-electron chi connectivity index (χ0n) is 18.2. The molecule has 0 nitrogen and oxygen atoms in total. The fourth-order valence-electron chi connectivity index (χ4n) is 4.29. The molecule has 0 aliphatic carbocycles. The average molecular weight is 516 g/mol. The highest BCUT2D eigenvalue weighted by Crippen LogP contribution is 2.60. The summed E-state index contributed by atoms with van der Waals surface area (Å²) >= 11 is 0. The van der Waals surface area contributed by atoms with E-state index < -0.39 is 7.26 Å². The summed E-state index contributed by atoms with van der Waals surface area (Å²) in [7, 11) is -1.52. The Morgan fingerprint density at radius 2 is 1.21 bits per heavy atom. The van der Waals surface area contributed by atoms with Crippen molar-refractivity contribution in [2.75, 3.05) is 12.3 Å². The van der Waals surface area contributed by atoms with Gasteiger partial charge in [0.15, 0.2) is 0 Å². The lowest BCUT2D eigenvalue weighted by Crippen LogP contribution is -3.00. The van der Waals surface area contributed by atoms with Crippen molar-refractivity contribution in [1.82, 2.24) is 0 Å². The van der Waals surface area contributed by atoms with Gasteiger partial charge in [0.2, 0.25) is 0 Å². The molecule has 0 heterocycles. The maximum Gasteiger partial charge on any atom is 0.0992 e. The molecule has 0 aliphatic heterocycles. The van der Waals surface area contributed by atoms with E-state index in [0.717, 1.165) is 0 Å². The third-order valence-corrected chi connectivity index (χ3v) is 10.9. The van der Waals surface area contributed by atoms with E-state index in [9.17, 15) is 0 Å². The number of unbranched alkanes of at least 4 members (excludes halogenated alkanes) is 1. The summed E-state index contributed by atoms with van der Waals surface area (Å²) in [6.07, 6.45) is 5.01. The molecule has 0 aliphatic rings. The topological polar surface area (TPSA) is 0 Å². The summed E-state index contributed by atoms with van der Waals surface area (Å²) in [5.74, 6) is 0. The van der Waals surface area contributed by atoms with Crippen LogP contribution in [0, 0.1) is 6.92 Å². The zero-order valence-corrected chi connectivity index (χ0v) is 21.3. The standard InChI is InChI=1S/C27H34P.HI/c1-5-6-21-28(25-13-9-7-10-14-25,26-15-11-8-12-16-26)22-27(3,4)24-19-17-23(2)18-20-24;/h7-20H,5-6,21-22H2,1-4H3;1H/q+1;/p-1. The van der Waals surface area contributed by atoms with Crippen LogP contribution in [-0.2, 0) is 5.41 Å². The molecule has 0 saturated carbocycles. The third kappa shape index (κ3) is 5.70. The van der Waals surface area contributed by atoms with Gasteiger partial charge >= 0.3 is 0 Å². The second-order valence-corrected chi connectivity index (χ2v) is 12.4. The fraction of sp³-hybridized carbons (Fsp3) is 0.333. The van der Waals surface area contributed by atoms with Crippen molar-refractivity contribution in [3.8, 4) is 0 Å². The van der Waals surface area contributed by atoms with E-state index in [-0.39, 0.29) is 29.4 Å². The first-order valence-electron chi connectivity index (χ1n) is 10.5. The summed E-state index contributed by atoms with van der Waals surface area (Å²) in [5.41, 5.74) is 2.91. The molecule has 0 amide bonds. The van der Waals surface area contributed by atoms with Gasteiger partial charge in [-0.3, -0.25) is 0 Å². The molecule has 0 saturated heterocycles. The molecule has 0 fully saturated rings. The molecular formula is C27H34IP. The lowest BCUT2D eigenvalue weighted by atomic mass is 9.86.